The fourth-order valence-corrected chi connectivity index (χ4v) is 5.32. The van der Waals surface area contributed by atoms with Crippen molar-refractivity contribution in [2.45, 2.75) is 6.42 Å². The van der Waals surface area contributed by atoms with Crippen LogP contribution in [0.5, 0.6) is 11.5 Å². The number of hydrazone groups is 1. The largest absolute Gasteiger partial charge is 0.496 e. The molecule has 2 bridgehead atoms. The molecule has 9 nitrogen and oxygen atoms in total. The van der Waals surface area contributed by atoms with Gasteiger partial charge in [-0.05, 0) is 30.1 Å². The number of rotatable bonds is 5. The third-order valence-corrected chi connectivity index (χ3v) is 6.68. The second kappa shape index (κ2) is 6.13. The standard InChI is InChI=1S/C20H19N3O6/c1-28-15-7-16(29-2)14(23(26)27)5-9(15)8-21-22-19(24)17-10-3-4-11(13-6-12(10)13)18(17)20(22)25/h3-5,7-8,10-13,17-18H,6H2,1-2H3/b21-8+/t10-,11-,12-,13-,17+,18+/m1/s1. The van der Waals surface area contributed by atoms with Crippen molar-refractivity contribution >= 4 is 23.7 Å². The van der Waals surface area contributed by atoms with Gasteiger partial charge in [0.05, 0.1) is 37.2 Å². The minimum atomic E-state index is -0.577. The van der Waals surface area contributed by atoms with E-state index in [1.165, 1.54) is 32.6 Å². The number of nitrogens with zero attached hydrogens (tertiary/aromatic N) is 3. The number of carbonyl (C=O) groups excluding carboxylic acids is 2. The summed E-state index contributed by atoms with van der Waals surface area (Å²) in [5.41, 5.74) is 0.0178. The Bertz CT molecular complexity index is 966. The van der Waals surface area contributed by atoms with E-state index in [1.54, 1.807) is 0 Å². The van der Waals surface area contributed by atoms with Crippen LogP contribution in [0, 0.1) is 45.6 Å². The summed E-state index contributed by atoms with van der Waals surface area (Å²) >= 11 is 0. The number of nitro groups is 1. The maximum atomic E-state index is 13.0. The molecule has 0 radical (unpaired) electrons. The maximum absolute atomic E-state index is 13.0. The number of hydrogen-bond acceptors (Lipinski definition) is 7. The molecule has 4 aliphatic carbocycles. The smallest absolute Gasteiger partial charge is 0.311 e. The molecule has 1 saturated heterocycles. The highest BCUT2D eigenvalue weighted by atomic mass is 16.6. The average Bonchev–Trinajstić information content (AvgIpc) is 3.50. The van der Waals surface area contributed by atoms with Crippen LogP contribution in [0.2, 0.25) is 0 Å². The van der Waals surface area contributed by atoms with Crippen LogP contribution < -0.4 is 9.47 Å². The second-order valence-corrected chi connectivity index (χ2v) is 7.91. The lowest BCUT2D eigenvalue weighted by Gasteiger charge is -2.37. The molecule has 6 rings (SSSR count). The van der Waals surface area contributed by atoms with E-state index < -0.39 is 4.92 Å². The molecule has 9 heteroatoms. The number of amides is 2. The molecular formula is C20H19N3O6. The predicted molar refractivity (Wildman–Crippen MR) is 100 cm³/mol. The Kier molecular flexibility index (Phi) is 3.77. The van der Waals surface area contributed by atoms with Gasteiger partial charge in [0.1, 0.15) is 5.75 Å². The molecule has 0 unspecified atom stereocenters. The van der Waals surface area contributed by atoms with Crippen LogP contribution in [0.3, 0.4) is 0 Å². The summed E-state index contributed by atoms with van der Waals surface area (Å²) in [6.07, 6.45) is 6.53. The Hall–Kier alpha value is -3.23. The Morgan fingerprint density at radius 1 is 1.07 bits per heavy atom. The monoisotopic (exact) mass is 397 g/mol. The Morgan fingerprint density at radius 2 is 1.66 bits per heavy atom. The number of carbonyl (C=O) groups is 2. The molecule has 5 aliphatic rings. The minimum absolute atomic E-state index is 0.0465. The Morgan fingerprint density at radius 3 is 2.17 bits per heavy atom. The number of hydrogen-bond donors (Lipinski definition) is 0. The first-order chi connectivity index (χ1) is 14.0. The van der Waals surface area contributed by atoms with Crippen molar-refractivity contribution in [3.8, 4) is 11.5 Å². The third-order valence-electron chi connectivity index (χ3n) is 6.68. The topological polar surface area (TPSA) is 111 Å². The quantitative estimate of drug-likeness (QED) is 0.247. The fraction of sp³-hybridized carbons (Fsp3) is 0.450. The Balaban J connectivity index is 1.47. The van der Waals surface area contributed by atoms with E-state index in [1.807, 2.05) is 0 Å². The number of allylic oxidation sites excluding steroid dienone is 2. The van der Waals surface area contributed by atoms with Crippen molar-refractivity contribution in [2.24, 2.45) is 40.6 Å². The average molecular weight is 397 g/mol. The van der Waals surface area contributed by atoms with Gasteiger partial charge in [0.15, 0.2) is 0 Å². The van der Waals surface area contributed by atoms with Crippen LogP contribution in [0.4, 0.5) is 5.69 Å². The lowest BCUT2D eigenvalue weighted by Crippen LogP contribution is -2.40. The van der Waals surface area contributed by atoms with Gasteiger partial charge in [-0.25, -0.2) is 0 Å². The van der Waals surface area contributed by atoms with Gasteiger partial charge >= 0.3 is 5.69 Å². The third kappa shape index (κ3) is 2.43. The molecule has 0 spiro atoms. The summed E-state index contributed by atoms with van der Waals surface area (Å²) in [6, 6.07) is 2.63. The lowest BCUT2D eigenvalue weighted by atomic mass is 9.63. The molecule has 2 amide bonds. The summed E-state index contributed by atoms with van der Waals surface area (Å²) in [4.78, 5) is 36.6. The normalized spacial score (nSPS) is 33.8. The van der Waals surface area contributed by atoms with Gasteiger partial charge in [0.25, 0.3) is 11.8 Å². The molecule has 6 atom stereocenters. The molecular weight excluding hydrogens is 378 g/mol. The zero-order chi connectivity index (χ0) is 20.4. The van der Waals surface area contributed by atoms with Gasteiger partial charge in [-0.1, -0.05) is 12.2 Å². The summed E-state index contributed by atoms with van der Waals surface area (Å²) in [7, 11) is 2.74. The number of nitro benzene ring substituents is 1. The lowest BCUT2D eigenvalue weighted by molar-refractivity contribution is -0.385. The SMILES string of the molecule is COc1cc(OC)c([N+](=O)[O-])cc1/C=N/N1C(=O)[C@H]2[C@@H]3C=C[C@H]([C@H]4C[C@H]34)[C@@H]2C1=O. The fourth-order valence-electron chi connectivity index (χ4n) is 5.32. The number of benzene rings is 1. The predicted octanol–water partition coefficient (Wildman–Crippen LogP) is 2.00. The first kappa shape index (κ1) is 17.8. The second-order valence-electron chi connectivity index (χ2n) is 7.91. The molecule has 2 saturated carbocycles. The van der Waals surface area contributed by atoms with Gasteiger partial charge in [-0.15, -0.1) is 0 Å². The van der Waals surface area contributed by atoms with Crippen LogP contribution in [0.25, 0.3) is 0 Å². The summed E-state index contributed by atoms with van der Waals surface area (Å²) in [5.74, 6) is 0.321. The van der Waals surface area contributed by atoms with E-state index in [0.717, 1.165) is 11.4 Å². The van der Waals surface area contributed by atoms with Crippen LogP contribution >= 0.6 is 0 Å². The Labute approximate surface area is 166 Å². The van der Waals surface area contributed by atoms with E-state index in [-0.39, 0.29) is 58.2 Å². The molecule has 1 aromatic carbocycles. The first-order valence-corrected chi connectivity index (χ1v) is 9.46. The highest BCUT2D eigenvalue weighted by Crippen LogP contribution is 2.65. The zero-order valence-corrected chi connectivity index (χ0v) is 15.8. The van der Waals surface area contributed by atoms with Gasteiger partial charge in [-0.2, -0.15) is 10.1 Å². The van der Waals surface area contributed by atoms with Crippen LogP contribution in [-0.2, 0) is 9.59 Å². The molecule has 3 fully saturated rings. The highest BCUT2D eigenvalue weighted by molar-refractivity contribution is 6.06. The molecule has 29 heavy (non-hydrogen) atoms. The first-order valence-electron chi connectivity index (χ1n) is 9.46. The number of methoxy groups -OCH3 is 2. The number of imide groups is 1. The van der Waals surface area contributed by atoms with Crippen molar-refractivity contribution < 1.29 is 24.0 Å². The van der Waals surface area contributed by atoms with E-state index in [4.69, 9.17) is 9.47 Å². The molecule has 1 aliphatic heterocycles. The number of ether oxygens (including phenoxy) is 2. The summed E-state index contributed by atoms with van der Waals surface area (Å²) in [5, 5.41) is 16.3. The van der Waals surface area contributed by atoms with E-state index in [0.29, 0.717) is 11.8 Å². The molecule has 0 N–H and O–H groups in total. The van der Waals surface area contributed by atoms with Gasteiger partial charge in [-0.3, -0.25) is 19.7 Å². The molecule has 1 heterocycles. The van der Waals surface area contributed by atoms with Crippen LogP contribution in [0.15, 0.2) is 29.4 Å². The van der Waals surface area contributed by atoms with E-state index in [9.17, 15) is 19.7 Å². The molecule has 1 aromatic rings. The summed E-state index contributed by atoms with van der Waals surface area (Å²) < 4.78 is 10.3. The van der Waals surface area contributed by atoms with E-state index in [2.05, 4.69) is 17.3 Å². The van der Waals surface area contributed by atoms with Crippen LogP contribution in [-0.4, -0.2) is 42.2 Å². The van der Waals surface area contributed by atoms with Gasteiger partial charge in [0.2, 0.25) is 5.75 Å². The maximum Gasteiger partial charge on any atom is 0.311 e. The molecule has 0 aromatic heterocycles. The van der Waals surface area contributed by atoms with Crippen molar-refractivity contribution in [3.05, 3.63) is 40.0 Å². The van der Waals surface area contributed by atoms with E-state index >= 15 is 0 Å². The van der Waals surface area contributed by atoms with Crippen molar-refractivity contribution in [1.82, 2.24) is 5.01 Å². The summed E-state index contributed by atoms with van der Waals surface area (Å²) in [6.45, 7) is 0. The minimum Gasteiger partial charge on any atom is -0.496 e. The van der Waals surface area contributed by atoms with Gasteiger partial charge < -0.3 is 9.47 Å². The zero-order valence-electron chi connectivity index (χ0n) is 15.8. The molecule has 150 valence electrons. The van der Waals surface area contributed by atoms with Crippen molar-refractivity contribution in [1.29, 1.82) is 0 Å². The van der Waals surface area contributed by atoms with Crippen LogP contribution in [0.1, 0.15) is 12.0 Å². The van der Waals surface area contributed by atoms with Gasteiger partial charge in [0, 0.05) is 17.7 Å². The highest BCUT2D eigenvalue weighted by Gasteiger charge is 2.67. The van der Waals surface area contributed by atoms with Crippen molar-refractivity contribution in [2.75, 3.05) is 14.2 Å². The van der Waals surface area contributed by atoms with Crippen molar-refractivity contribution in [3.63, 3.8) is 0 Å².